The molecule has 0 aliphatic rings. The van der Waals surface area contributed by atoms with E-state index in [0.717, 1.165) is 48.2 Å². The number of aryl methyl sites for hydroxylation is 2. The van der Waals surface area contributed by atoms with Crippen LogP contribution in [-0.4, -0.2) is 47.5 Å². The first kappa shape index (κ1) is 35.4. The van der Waals surface area contributed by atoms with Crippen molar-refractivity contribution < 1.29 is 9.59 Å². The number of nitrogens with one attached hydrogen (secondary N) is 2. The normalized spacial score (nSPS) is 12.5. The molecule has 0 aliphatic heterocycles. The number of nitrogens with zero attached hydrogens (tertiary/aromatic N) is 4. The maximum absolute atomic E-state index is 13.3. The van der Waals surface area contributed by atoms with Gasteiger partial charge in [-0.05, 0) is 64.8 Å². The Bertz CT molecular complexity index is 1630. The molecule has 0 unspecified atom stereocenters. The van der Waals surface area contributed by atoms with E-state index >= 15 is 0 Å². The minimum Gasteiger partial charge on any atom is -0.288 e. The molecule has 2 N–H and O–H groups in total. The van der Waals surface area contributed by atoms with Gasteiger partial charge in [-0.2, -0.15) is 10.2 Å². The third-order valence-corrected chi connectivity index (χ3v) is 7.65. The highest BCUT2D eigenvalue weighted by molar-refractivity contribution is 6.70. The molecule has 0 aromatic heterocycles. The van der Waals surface area contributed by atoms with Gasteiger partial charge in [0.15, 0.2) is 11.4 Å². The van der Waals surface area contributed by atoms with E-state index in [1.165, 1.54) is 0 Å². The summed E-state index contributed by atoms with van der Waals surface area (Å²) in [6, 6.07) is 33.9. The predicted molar refractivity (Wildman–Crippen MR) is 200 cm³/mol. The first-order valence-electron chi connectivity index (χ1n) is 16.3. The molecule has 0 fully saturated rings. The molecule has 246 valence electrons. The van der Waals surface area contributed by atoms with Crippen molar-refractivity contribution in [3.63, 3.8) is 0 Å². The van der Waals surface area contributed by atoms with E-state index < -0.39 is 0 Å². The van der Waals surface area contributed by atoms with Gasteiger partial charge in [0.05, 0.1) is 22.8 Å². The molecule has 0 atom stereocenters. The first-order valence-corrected chi connectivity index (χ1v) is 16.3. The van der Waals surface area contributed by atoms with Gasteiger partial charge in [-0.1, -0.05) is 109 Å². The summed E-state index contributed by atoms with van der Waals surface area (Å²) in [6.07, 6.45) is 3.67. The fourth-order valence-electron chi connectivity index (χ4n) is 4.76. The minimum absolute atomic E-state index is 0.174. The number of aliphatic imine (C=N–C) groups is 2. The minimum atomic E-state index is -0.174. The van der Waals surface area contributed by atoms with E-state index in [4.69, 9.17) is 9.98 Å². The highest BCUT2D eigenvalue weighted by atomic mass is 16.1. The van der Waals surface area contributed by atoms with Crippen molar-refractivity contribution in [1.29, 1.82) is 0 Å². The Hall–Kier alpha value is -5.50. The van der Waals surface area contributed by atoms with Crippen LogP contribution in [0.5, 0.6) is 0 Å². The monoisotopic (exact) mass is 640 g/mol. The lowest BCUT2D eigenvalue weighted by Crippen LogP contribution is -2.24. The van der Waals surface area contributed by atoms with E-state index in [-0.39, 0.29) is 11.6 Å². The molecule has 48 heavy (non-hydrogen) atoms. The fourth-order valence-corrected chi connectivity index (χ4v) is 4.76. The summed E-state index contributed by atoms with van der Waals surface area (Å²) in [6.45, 7) is 8.89. The van der Waals surface area contributed by atoms with Gasteiger partial charge in [0.1, 0.15) is 0 Å². The number of hydrogen-bond acceptors (Lipinski definition) is 8. The SMILES string of the molecule is CC(=NCCCCCCN=C(C)/C(=N\Nc1ccc(C)cc1)C(=O)c1ccccc1)/C(=N\Nc1ccc(C)cc1)C(=O)c1ccccc1. The molecule has 4 aromatic carbocycles. The van der Waals surface area contributed by atoms with E-state index in [2.05, 4.69) is 21.1 Å². The number of benzene rings is 4. The standard InChI is InChI=1S/C40H44N6O2/c1-29-19-23-35(24-20-29)43-45-37(39(47)33-15-9-7-10-16-33)31(3)41-27-13-5-6-14-28-42-32(4)38(40(48)34-17-11-8-12-18-34)46-44-36-25-21-30(2)22-26-36/h7-12,15-26,43-44H,5-6,13-14,27-28H2,1-4H3/b41-31?,42-32?,45-37+,46-38+. The van der Waals surface area contributed by atoms with Gasteiger partial charge in [-0.25, -0.2) is 0 Å². The van der Waals surface area contributed by atoms with Crippen molar-refractivity contribution in [2.45, 2.75) is 53.4 Å². The van der Waals surface area contributed by atoms with Crippen LogP contribution in [0.2, 0.25) is 0 Å². The van der Waals surface area contributed by atoms with E-state index in [0.29, 0.717) is 47.1 Å². The number of rotatable bonds is 17. The smallest absolute Gasteiger partial charge is 0.215 e. The second kappa shape index (κ2) is 18.6. The summed E-state index contributed by atoms with van der Waals surface area (Å²) in [5, 5.41) is 8.94. The molecule has 0 bridgehead atoms. The molecule has 8 nitrogen and oxygen atoms in total. The second-order valence-electron chi connectivity index (χ2n) is 11.6. The lowest BCUT2D eigenvalue weighted by Gasteiger charge is -2.08. The molecular weight excluding hydrogens is 596 g/mol. The van der Waals surface area contributed by atoms with Crippen LogP contribution in [0.1, 0.15) is 71.4 Å². The van der Waals surface area contributed by atoms with Gasteiger partial charge >= 0.3 is 0 Å². The van der Waals surface area contributed by atoms with E-state index in [1.807, 2.05) is 113 Å². The van der Waals surface area contributed by atoms with Gasteiger partial charge < -0.3 is 0 Å². The predicted octanol–water partition coefficient (Wildman–Crippen LogP) is 8.79. The van der Waals surface area contributed by atoms with Crippen LogP contribution in [0.25, 0.3) is 0 Å². The van der Waals surface area contributed by atoms with E-state index in [1.54, 1.807) is 24.3 Å². The molecule has 0 saturated carbocycles. The first-order chi connectivity index (χ1) is 23.3. The van der Waals surface area contributed by atoms with Crippen LogP contribution < -0.4 is 10.9 Å². The van der Waals surface area contributed by atoms with Gasteiger partial charge in [-0.15, -0.1) is 0 Å². The molecule has 0 heterocycles. The maximum Gasteiger partial charge on any atom is 0.215 e. The Morgan fingerprint density at radius 1 is 0.500 bits per heavy atom. The highest BCUT2D eigenvalue weighted by Crippen LogP contribution is 2.12. The highest BCUT2D eigenvalue weighted by Gasteiger charge is 2.18. The number of Topliss-reactive ketones (excluding diaryl/α,β-unsaturated/α-hetero) is 2. The Kier molecular flexibility index (Phi) is 13.7. The molecule has 0 aliphatic carbocycles. The summed E-state index contributed by atoms with van der Waals surface area (Å²) in [7, 11) is 0. The van der Waals surface area contributed by atoms with Crippen molar-refractivity contribution in [3.05, 3.63) is 131 Å². The summed E-state index contributed by atoms with van der Waals surface area (Å²) in [5.41, 5.74) is 12.9. The summed E-state index contributed by atoms with van der Waals surface area (Å²) >= 11 is 0. The number of hydrazone groups is 2. The number of hydrogen-bond donors (Lipinski definition) is 2. The Morgan fingerprint density at radius 3 is 1.21 bits per heavy atom. The number of carbonyl (C=O) groups excluding carboxylic acids is 2. The Morgan fingerprint density at radius 2 is 0.854 bits per heavy atom. The fraction of sp³-hybridized carbons (Fsp3) is 0.250. The van der Waals surface area contributed by atoms with Crippen LogP contribution >= 0.6 is 0 Å². The maximum atomic E-state index is 13.3. The third kappa shape index (κ3) is 11.1. The number of ketones is 2. The van der Waals surface area contributed by atoms with Crippen molar-refractivity contribution in [1.82, 2.24) is 0 Å². The number of carbonyl (C=O) groups is 2. The van der Waals surface area contributed by atoms with Gasteiger partial charge in [0.25, 0.3) is 0 Å². The van der Waals surface area contributed by atoms with Crippen LogP contribution in [0.4, 0.5) is 11.4 Å². The van der Waals surface area contributed by atoms with Crippen molar-refractivity contribution in [2.75, 3.05) is 23.9 Å². The summed E-state index contributed by atoms with van der Waals surface area (Å²) < 4.78 is 0. The topological polar surface area (TPSA) is 108 Å². The van der Waals surface area contributed by atoms with Crippen molar-refractivity contribution in [3.8, 4) is 0 Å². The molecule has 0 radical (unpaired) electrons. The Labute approximate surface area is 283 Å². The van der Waals surface area contributed by atoms with Crippen LogP contribution in [0, 0.1) is 13.8 Å². The Balaban J connectivity index is 1.31. The number of anilines is 2. The van der Waals surface area contributed by atoms with Gasteiger partial charge in [0, 0.05) is 24.2 Å². The zero-order valence-corrected chi connectivity index (χ0v) is 28.2. The van der Waals surface area contributed by atoms with Crippen LogP contribution in [0.3, 0.4) is 0 Å². The molecule has 0 spiro atoms. The van der Waals surface area contributed by atoms with Crippen LogP contribution in [0.15, 0.2) is 129 Å². The molecule has 4 aromatic rings. The molecule has 0 saturated heterocycles. The van der Waals surface area contributed by atoms with Crippen molar-refractivity contribution in [2.24, 2.45) is 20.2 Å². The summed E-state index contributed by atoms with van der Waals surface area (Å²) in [5.74, 6) is -0.347. The molecular formula is C40H44N6O2. The van der Waals surface area contributed by atoms with Gasteiger partial charge in [-0.3, -0.25) is 30.4 Å². The lowest BCUT2D eigenvalue weighted by atomic mass is 10.0. The average molecular weight is 641 g/mol. The van der Waals surface area contributed by atoms with Gasteiger partial charge in [0.2, 0.25) is 11.6 Å². The summed E-state index contributed by atoms with van der Waals surface area (Å²) in [4.78, 5) is 36.0. The molecule has 8 heteroatoms. The van der Waals surface area contributed by atoms with E-state index in [9.17, 15) is 9.59 Å². The molecule has 4 rings (SSSR count). The second-order valence-corrected chi connectivity index (χ2v) is 11.6. The zero-order chi connectivity index (χ0) is 34.1. The number of unbranched alkanes of at least 4 members (excludes halogenated alkanes) is 3. The van der Waals surface area contributed by atoms with Crippen LogP contribution in [-0.2, 0) is 0 Å². The lowest BCUT2D eigenvalue weighted by molar-refractivity contribution is 0.106. The third-order valence-electron chi connectivity index (χ3n) is 7.65. The average Bonchev–Trinajstić information content (AvgIpc) is 3.11. The quantitative estimate of drug-likeness (QED) is 0.0520. The largest absolute Gasteiger partial charge is 0.288 e. The zero-order valence-electron chi connectivity index (χ0n) is 28.2. The molecule has 0 amide bonds. The van der Waals surface area contributed by atoms with Crippen molar-refractivity contribution >= 4 is 45.8 Å².